The molecule has 0 radical (unpaired) electrons. The summed E-state index contributed by atoms with van der Waals surface area (Å²) in [4.78, 5) is 0.255. The highest BCUT2D eigenvalue weighted by atomic mass is 35.5. The maximum absolute atomic E-state index is 13.6. The predicted molar refractivity (Wildman–Crippen MR) is 95.3 cm³/mol. The van der Waals surface area contributed by atoms with Crippen LogP contribution in [0.5, 0.6) is 5.75 Å². The van der Waals surface area contributed by atoms with Gasteiger partial charge in [0.25, 0.3) is 0 Å². The Morgan fingerprint density at radius 2 is 1.60 bits per heavy atom. The fraction of sp³-hybridized carbons (Fsp3) is 0.0526. The molecule has 0 unspecified atom stereocenters. The summed E-state index contributed by atoms with van der Waals surface area (Å²) in [6.07, 6.45) is 0. The topological polar surface area (TPSA) is 43.4 Å². The van der Waals surface area contributed by atoms with Crippen molar-refractivity contribution in [3.05, 3.63) is 77.6 Å². The van der Waals surface area contributed by atoms with Crippen LogP contribution in [0.2, 0.25) is 5.02 Å². The zero-order valence-corrected chi connectivity index (χ0v) is 14.8. The van der Waals surface area contributed by atoms with Gasteiger partial charge in [0.05, 0.1) is 16.9 Å². The normalized spacial score (nSPS) is 11.3. The molecule has 0 fully saturated rings. The average molecular weight is 377 g/mol. The summed E-state index contributed by atoms with van der Waals surface area (Å²) in [5.41, 5.74) is 0.946. The molecule has 3 rings (SSSR count). The van der Waals surface area contributed by atoms with E-state index < -0.39 is 15.7 Å². The molecule has 0 saturated carbocycles. The van der Waals surface area contributed by atoms with Crippen molar-refractivity contribution in [2.45, 2.75) is 9.79 Å². The van der Waals surface area contributed by atoms with Gasteiger partial charge in [0, 0.05) is 16.1 Å². The minimum Gasteiger partial charge on any atom is -0.496 e. The number of hydrogen-bond acceptors (Lipinski definition) is 3. The van der Waals surface area contributed by atoms with Gasteiger partial charge in [-0.3, -0.25) is 0 Å². The van der Waals surface area contributed by atoms with Gasteiger partial charge in [-0.25, -0.2) is 12.8 Å². The quantitative estimate of drug-likeness (QED) is 0.644. The summed E-state index contributed by atoms with van der Waals surface area (Å²) in [6.45, 7) is 0. The van der Waals surface area contributed by atoms with Crippen LogP contribution in [0.4, 0.5) is 4.39 Å². The Labute approximate surface area is 150 Å². The molecular formula is C19H14ClFO3S. The summed E-state index contributed by atoms with van der Waals surface area (Å²) in [5, 5.41) is 0.195. The molecule has 0 aliphatic rings. The second-order valence-electron chi connectivity index (χ2n) is 5.30. The van der Waals surface area contributed by atoms with E-state index in [9.17, 15) is 12.8 Å². The lowest BCUT2D eigenvalue weighted by Crippen LogP contribution is -2.02. The highest BCUT2D eigenvalue weighted by Crippen LogP contribution is 2.37. The van der Waals surface area contributed by atoms with Crippen LogP contribution in [0.1, 0.15) is 0 Å². The van der Waals surface area contributed by atoms with E-state index in [0.29, 0.717) is 16.9 Å². The van der Waals surface area contributed by atoms with Crippen molar-refractivity contribution in [3.63, 3.8) is 0 Å². The molecule has 0 amide bonds. The highest BCUT2D eigenvalue weighted by Gasteiger charge is 2.19. The molecule has 0 bridgehead atoms. The van der Waals surface area contributed by atoms with Gasteiger partial charge in [-0.05, 0) is 42.5 Å². The molecule has 0 aliphatic carbocycles. The Bertz CT molecular complexity index is 1020. The van der Waals surface area contributed by atoms with Crippen molar-refractivity contribution in [2.75, 3.05) is 7.11 Å². The monoisotopic (exact) mass is 376 g/mol. The Hall–Kier alpha value is -2.37. The summed E-state index contributed by atoms with van der Waals surface area (Å²) in [6, 6.07) is 16.5. The van der Waals surface area contributed by atoms with Crippen LogP contribution in [0.3, 0.4) is 0 Å². The lowest BCUT2D eigenvalue weighted by molar-refractivity contribution is 0.415. The first-order valence-corrected chi connectivity index (χ1v) is 9.23. The number of benzene rings is 3. The zero-order chi connectivity index (χ0) is 18.0. The van der Waals surface area contributed by atoms with Crippen LogP contribution in [-0.4, -0.2) is 15.5 Å². The SMILES string of the molecule is COc1ccc(F)cc1-c1ccc(S(=O)(=O)c2ccccc2)cc1Cl. The van der Waals surface area contributed by atoms with Gasteiger partial charge in [0.2, 0.25) is 9.84 Å². The van der Waals surface area contributed by atoms with Crippen molar-refractivity contribution in [1.82, 2.24) is 0 Å². The summed E-state index contributed by atoms with van der Waals surface area (Å²) in [5.74, 6) is 0.00909. The third kappa shape index (κ3) is 3.38. The number of ether oxygens (including phenoxy) is 1. The van der Waals surface area contributed by atoms with Gasteiger partial charge in [-0.1, -0.05) is 35.9 Å². The molecule has 6 heteroatoms. The number of methoxy groups -OCH3 is 1. The fourth-order valence-corrected chi connectivity index (χ4v) is 4.16. The smallest absolute Gasteiger partial charge is 0.206 e. The van der Waals surface area contributed by atoms with Crippen molar-refractivity contribution in [3.8, 4) is 16.9 Å². The largest absolute Gasteiger partial charge is 0.496 e. The Morgan fingerprint density at radius 3 is 2.24 bits per heavy atom. The first kappa shape index (κ1) is 17.5. The number of rotatable bonds is 4. The standard InChI is InChI=1S/C19H14ClFO3S/c1-24-19-10-7-13(21)11-17(19)16-9-8-15(12-18(16)20)25(22,23)14-5-3-2-4-6-14/h2-12H,1H3. The van der Waals surface area contributed by atoms with Crippen molar-refractivity contribution >= 4 is 21.4 Å². The molecule has 0 saturated heterocycles. The third-order valence-corrected chi connectivity index (χ3v) is 5.84. The van der Waals surface area contributed by atoms with Crippen LogP contribution in [-0.2, 0) is 9.84 Å². The van der Waals surface area contributed by atoms with Crippen molar-refractivity contribution < 1.29 is 17.5 Å². The molecule has 0 spiro atoms. The van der Waals surface area contributed by atoms with E-state index in [1.54, 1.807) is 24.3 Å². The fourth-order valence-electron chi connectivity index (χ4n) is 2.51. The van der Waals surface area contributed by atoms with Gasteiger partial charge in [0.15, 0.2) is 0 Å². The third-order valence-electron chi connectivity index (χ3n) is 3.76. The lowest BCUT2D eigenvalue weighted by Gasteiger charge is -2.12. The van der Waals surface area contributed by atoms with Crippen LogP contribution >= 0.6 is 11.6 Å². The number of hydrogen-bond donors (Lipinski definition) is 0. The number of halogens is 2. The molecule has 0 heterocycles. The second kappa shape index (κ2) is 6.86. The van der Waals surface area contributed by atoms with E-state index in [-0.39, 0.29) is 14.8 Å². The minimum atomic E-state index is -3.67. The van der Waals surface area contributed by atoms with Gasteiger partial charge in [-0.2, -0.15) is 0 Å². The first-order chi connectivity index (χ1) is 11.9. The molecule has 3 aromatic carbocycles. The lowest BCUT2D eigenvalue weighted by atomic mass is 10.0. The van der Waals surface area contributed by atoms with E-state index in [2.05, 4.69) is 0 Å². The van der Waals surface area contributed by atoms with Gasteiger partial charge >= 0.3 is 0 Å². The molecule has 0 atom stereocenters. The second-order valence-corrected chi connectivity index (χ2v) is 7.66. The van der Waals surface area contributed by atoms with E-state index in [1.165, 1.54) is 49.6 Å². The summed E-state index contributed by atoms with van der Waals surface area (Å²) >= 11 is 6.30. The van der Waals surface area contributed by atoms with Crippen LogP contribution in [0, 0.1) is 5.82 Å². The molecule has 3 aromatic rings. The molecular weight excluding hydrogens is 363 g/mol. The molecule has 3 nitrogen and oxygen atoms in total. The molecule has 0 aromatic heterocycles. The van der Waals surface area contributed by atoms with Crippen LogP contribution in [0.15, 0.2) is 76.5 Å². The maximum Gasteiger partial charge on any atom is 0.206 e. The first-order valence-electron chi connectivity index (χ1n) is 7.37. The highest BCUT2D eigenvalue weighted by molar-refractivity contribution is 7.91. The molecule has 25 heavy (non-hydrogen) atoms. The van der Waals surface area contributed by atoms with Gasteiger partial charge in [-0.15, -0.1) is 0 Å². The van der Waals surface area contributed by atoms with Crippen molar-refractivity contribution in [2.24, 2.45) is 0 Å². The van der Waals surface area contributed by atoms with E-state index in [4.69, 9.17) is 16.3 Å². The minimum absolute atomic E-state index is 0.0721. The van der Waals surface area contributed by atoms with Crippen LogP contribution in [0.25, 0.3) is 11.1 Å². The Balaban J connectivity index is 2.10. The summed E-state index contributed by atoms with van der Waals surface area (Å²) in [7, 11) is -2.20. The Kier molecular flexibility index (Phi) is 4.79. The average Bonchev–Trinajstić information content (AvgIpc) is 2.62. The molecule has 0 aliphatic heterocycles. The van der Waals surface area contributed by atoms with Gasteiger partial charge < -0.3 is 4.74 Å². The van der Waals surface area contributed by atoms with Crippen molar-refractivity contribution in [1.29, 1.82) is 0 Å². The predicted octanol–water partition coefficient (Wildman–Crippen LogP) is 4.99. The van der Waals surface area contributed by atoms with E-state index in [0.717, 1.165) is 0 Å². The van der Waals surface area contributed by atoms with Gasteiger partial charge in [0.1, 0.15) is 11.6 Å². The maximum atomic E-state index is 13.6. The molecule has 128 valence electrons. The Morgan fingerprint density at radius 1 is 0.880 bits per heavy atom. The van der Waals surface area contributed by atoms with Crippen LogP contribution < -0.4 is 4.74 Å². The zero-order valence-electron chi connectivity index (χ0n) is 13.2. The van der Waals surface area contributed by atoms with E-state index in [1.807, 2.05) is 0 Å². The van der Waals surface area contributed by atoms with E-state index >= 15 is 0 Å². The molecule has 0 N–H and O–H groups in total. The number of sulfone groups is 1. The summed E-state index contributed by atoms with van der Waals surface area (Å²) < 4.78 is 44.2.